The molecule has 3 saturated heterocycles. The zero-order valence-electron chi connectivity index (χ0n) is 40.6. The number of benzene rings is 3. The van der Waals surface area contributed by atoms with Gasteiger partial charge in [0.2, 0.25) is 5.88 Å². The SMILES string of the molecule is Cc1ccccc1[C@@H]1COCCN1C1CC2(CCN(c3ccc(C(=O)NS(=O)(=O)c4ccc(NCC5CCC(C)(O)CC5)c([N+](=O)[O-])c4)c(N4c5cc6cc[nH]c6nc5O[C@H]5COCC[C@@H]54)c3)[C@@H](C)C2)C1. The number of fused-ring (bicyclic) bond motifs is 3. The lowest BCUT2D eigenvalue weighted by molar-refractivity contribution is -0.384. The van der Waals surface area contributed by atoms with Crippen LogP contribution in [0.1, 0.15) is 99.2 Å². The minimum absolute atomic E-state index is 0.112. The largest absolute Gasteiger partial charge is 0.468 e. The van der Waals surface area contributed by atoms with Gasteiger partial charge in [-0.1, -0.05) is 24.3 Å². The molecule has 2 aromatic heterocycles. The number of aliphatic hydroxyl groups is 1. The molecule has 3 aromatic carbocycles. The van der Waals surface area contributed by atoms with Crippen LogP contribution < -0.4 is 24.6 Å². The van der Waals surface area contributed by atoms with E-state index in [4.69, 9.17) is 19.2 Å². The lowest BCUT2D eigenvalue weighted by Crippen LogP contribution is -2.59. The first-order valence-electron chi connectivity index (χ1n) is 25.3. The number of carbonyl (C=O) groups excluding carboxylic acids is 1. The van der Waals surface area contributed by atoms with Gasteiger partial charge in [-0.05, 0) is 143 Å². The van der Waals surface area contributed by atoms with Crippen molar-refractivity contribution in [3.63, 3.8) is 0 Å². The van der Waals surface area contributed by atoms with E-state index in [0.29, 0.717) is 74.6 Å². The van der Waals surface area contributed by atoms with Gasteiger partial charge in [-0.3, -0.25) is 19.8 Å². The number of carbonyl (C=O) groups is 1. The molecule has 5 aromatic rings. The van der Waals surface area contributed by atoms with E-state index in [1.54, 1.807) is 6.07 Å². The van der Waals surface area contributed by atoms with E-state index in [1.165, 1.54) is 23.3 Å². The third-order valence-corrected chi connectivity index (χ3v) is 17.9. The maximum atomic E-state index is 14.7. The van der Waals surface area contributed by atoms with E-state index in [0.717, 1.165) is 75.4 Å². The van der Waals surface area contributed by atoms with Crippen LogP contribution in [0, 0.1) is 28.4 Å². The molecule has 2 aliphatic carbocycles. The molecule has 5 fully saturated rings. The number of aryl methyl sites for hydroxylation is 1. The number of hydrogen-bond donors (Lipinski definition) is 4. The van der Waals surface area contributed by atoms with Gasteiger partial charge in [0.05, 0.1) is 58.6 Å². The number of nitro groups is 1. The van der Waals surface area contributed by atoms with Crippen molar-refractivity contribution >= 4 is 55.4 Å². The summed E-state index contributed by atoms with van der Waals surface area (Å²) >= 11 is 0. The quantitative estimate of drug-likeness (QED) is 0.0729. The van der Waals surface area contributed by atoms with Gasteiger partial charge in [-0.2, -0.15) is 4.98 Å². The molecule has 0 radical (unpaired) electrons. The topological polar surface area (TPSA) is 205 Å². The normalized spacial score (nSPS) is 28.9. The predicted octanol–water partition coefficient (Wildman–Crippen LogP) is 8.15. The Kier molecular flexibility index (Phi) is 12.5. The second kappa shape index (κ2) is 18.7. The van der Waals surface area contributed by atoms with Crippen LogP contribution in [0.4, 0.5) is 28.4 Å². The van der Waals surface area contributed by atoms with Crippen molar-refractivity contribution in [3.8, 4) is 5.88 Å². The van der Waals surface area contributed by atoms with Crippen molar-refractivity contribution < 1.29 is 37.5 Å². The molecule has 2 saturated carbocycles. The number of piperidine rings is 1. The van der Waals surface area contributed by atoms with Gasteiger partial charge in [-0.25, -0.2) is 13.1 Å². The Bertz CT molecular complexity index is 2950. The van der Waals surface area contributed by atoms with Gasteiger partial charge < -0.3 is 39.4 Å². The molecule has 0 unspecified atom stereocenters. The summed E-state index contributed by atoms with van der Waals surface area (Å²) < 4.78 is 49.1. The average molecular weight is 989 g/mol. The molecule has 71 heavy (non-hydrogen) atoms. The van der Waals surface area contributed by atoms with E-state index in [1.807, 2.05) is 37.4 Å². The summed E-state index contributed by atoms with van der Waals surface area (Å²) in [4.78, 5) is 41.3. The minimum atomic E-state index is -4.62. The Hall–Kier alpha value is -5.79. The first kappa shape index (κ1) is 47.5. The maximum absolute atomic E-state index is 14.7. The third-order valence-electron chi connectivity index (χ3n) is 16.6. The summed E-state index contributed by atoms with van der Waals surface area (Å²) in [5, 5.41) is 26.8. The molecule has 4 N–H and O–H groups in total. The zero-order chi connectivity index (χ0) is 49.2. The van der Waals surface area contributed by atoms with E-state index in [9.17, 15) is 28.4 Å². The Labute approximate surface area is 414 Å². The number of hydrogen-bond acceptors (Lipinski definition) is 14. The van der Waals surface area contributed by atoms with Gasteiger partial charge in [0, 0.05) is 61.7 Å². The van der Waals surface area contributed by atoms with Crippen molar-refractivity contribution in [3.05, 3.63) is 106 Å². The molecule has 4 aliphatic heterocycles. The number of nitrogens with zero attached hydrogens (tertiary/aromatic N) is 5. The zero-order valence-corrected chi connectivity index (χ0v) is 41.5. The number of pyridine rings is 1. The summed E-state index contributed by atoms with van der Waals surface area (Å²) in [7, 11) is -4.62. The van der Waals surface area contributed by atoms with Crippen LogP contribution in [0.25, 0.3) is 11.0 Å². The Morgan fingerprint density at radius 1 is 0.958 bits per heavy atom. The smallest absolute Gasteiger partial charge is 0.293 e. The van der Waals surface area contributed by atoms with Gasteiger partial charge in [-0.15, -0.1) is 0 Å². The number of nitrogens with one attached hydrogen (secondary N) is 3. The van der Waals surface area contributed by atoms with E-state index in [-0.39, 0.29) is 40.7 Å². The second-order valence-electron chi connectivity index (χ2n) is 21.3. The molecule has 18 heteroatoms. The fourth-order valence-electron chi connectivity index (χ4n) is 12.6. The van der Waals surface area contributed by atoms with Crippen molar-refractivity contribution in [1.29, 1.82) is 0 Å². The molecule has 376 valence electrons. The van der Waals surface area contributed by atoms with E-state index < -0.39 is 43.1 Å². The molecule has 17 nitrogen and oxygen atoms in total. The van der Waals surface area contributed by atoms with Crippen molar-refractivity contribution in [1.82, 2.24) is 19.6 Å². The van der Waals surface area contributed by atoms with Gasteiger partial charge >= 0.3 is 0 Å². The van der Waals surface area contributed by atoms with Crippen LogP contribution in [-0.2, 0) is 19.5 Å². The molecular formula is C53H64N8O9S. The first-order valence-corrected chi connectivity index (χ1v) is 26.8. The summed E-state index contributed by atoms with van der Waals surface area (Å²) in [6, 6.07) is 22.4. The predicted molar refractivity (Wildman–Crippen MR) is 270 cm³/mol. The van der Waals surface area contributed by atoms with Crippen LogP contribution in [0.5, 0.6) is 5.88 Å². The van der Waals surface area contributed by atoms with Crippen LogP contribution in [0.2, 0.25) is 0 Å². The number of amides is 1. The number of H-pyrrole nitrogens is 1. The molecule has 1 amide bonds. The highest BCUT2D eigenvalue weighted by atomic mass is 32.2. The Morgan fingerprint density at radius 3 is 2.55 bits per heavy atom. The number of morpholine rings is 1. The maximum Gasteiger partial charge on any atom is 0.293 e. The summed E-state index contributed by atoms with van der Waals surface area (Å²) in [6.45, 7) is 10.7. The fraction of sp³-hybridized carbons (Fsp3) is 0.509. The van der Waals surface area contributed by atoms with Crippen molar-refractivity contribution in [2.75, 3.05) is 61.2 Å². The number of aromatic amines is 1. The highest BCUT2D eigenvalue weighted by Gasteiger charge is 2.51. The fourth-order valence-corrected chi connectivity index (χ4v) is 13.6. The Morgan fingerprint density at radius 2 is 1.76 bits per heavy atom. The Balaban J connectivity index is 0.881. The highest BCUT2D eigenvalue weighted by molar-refractivity contribution is 7.90. The lowest BCUT2D eigenvalue weighted by Gasteiger charge is -2.59. The molecule has 4 atom stereocenters. The van der Waals surface area contributed by atoms with Crippen LogP contribution in [-0.4, -0.2) is 115 Å². The minimum Gasteiger partial charge on any atom is -0.468 e. The number of aromatic nitrogens is 2. The standard InChI is InChI=1S/C53H64N8O9S/c1-33-6-4-5-7-40(33)47-31-69-23-21-59(47)38-28-53(29-38)18-20-58(34(2)27-53)37-8-10-41(44(25-37)60-43-15-22-68-32-48(43)70-51-46(60)24-36-14-19-54-49(36)56-51)50(62)57-71(66,67)39-9-11-42(45(26-39)61(64)65)55-30-35-12-16-52(3,63)17-13-35/h4-11,14,19,24-26,34-35,38,43,47-48,55,63H,12-13,15-18,20-23,27-32H2,1-3H3,(H,54,56)(H,57,62)/t34-,35?,38?,43-,47-,48-,52?,53?/m0/s1. The lowest BCUT2D eigenvalue weighted by atomic mass is 9.58. The molecule has 6 heterocycles. The van der Waals surface area contributed by atoms with Crippen LogP contribution >= 0.6 is 0 Å². The number of rotatable bonds is 11. The van der Waals surface area contributed by atoms with E-state index in [2.05, 4.69) is 67.8 Å². The van der Waals surface area contributed by atoms with Gasteiger partial charge in [0.15, 0.2) is 0 Å². The average Bonchev–Trinajstić information content (AvgIpc) is 3.81. The number of sulfonamides is 1. The molecule has 0 bridgehead atoms. The molecule has 11 rings (SSSR count). The van der Waals surface area contributed by atoms with Gasteiger partial charge in [0.1, 0.15) is 23.1 Å². The number of anilines is 4. The number of nitro benzene ring substituents is 1. The second-order valence-corrected chi connectivity index (χ2v) is 23.0. The monoisotopic (exact) mass is 988 g/mol. The highest BCUT2D eigenvalue weighted by Crippen LogP contribution is 2.55. The van der Waals surface area contributed by atoms with Crippen molar-refractivity contribution in [2.45, 2.75) is 119 Å². The van der Waals surface area contributed by atoms with Gasteiger partial charge in [0.25, 0.3) is 21.6 Å². The van der Waals surface area contributed by atoms with E-state index >= 15 is 0 Å². The van der Waals surface area contributed by atoms with Crippen molar-refractivity contribution in [2.24, 2.45) is 11.3 Å². The summed E-state index contributed by atoms with van der Waals surface area (Å²) in [6.07, 6.45) is 9.04. The molecule has 1 spiro atoms. The summed E-state index contributed by atoms with van der Waals surface area (Å²) in [5.74, 6) is -0.317. The third kappa shape index (κ3) is 9.22. The summed E-state index contributed by atoms with van der Waals surface area (Å²) in [5.41, 5.74) is 4.71. The molecule has 6 aliphatic rings. The number of ether oxygens (including phenoxy) is 3. The van der Waals surface area contributed by atoms with Crippen LogP contribution in [0.3, 0.4) is 0 Å². The van der Waals surface area contributed by atoms with Crippen LogP contribution in [0.15, 0.2) is 83.9 Å². The molecular weight excluding hydrogens is 925 g/mol. The first-order chi connectivity index (χ1) is 34.1.